The average molecular weight is 242 g/mol. The Kier molecular flexibility index (Phi) is 4.79. The van der Waals surface area contributed by atoms with Crippen LogP contribution in [0.3, 0.4) is 0 Å². The lowest BCUT2D eigenvalue weighted by molar-refractivity contribution is -0.141. The molecule has 0 bridgehead atoms. The molecule has 1 aromatic carbocycles. The van der Waals surface area contributed by atoms with Gasteiger partial charge in [0.15, 0.2) is 0 Å². The number of benzene rings is 1. The summed E-state index contributed by atoms with van der Waals surface area (Å²) in [5.74, 6) is -0.812. The van der Waals surface area contributed by atoms with E-state index >= 15 is 0 Å². The van der Waals surface area contributed by atoms with Gasteiger partial charge in [-0.25, -0.2) is 0 Å². The van der Waals surface area contributed by atoms with Gasteiger partial charge in [-0.2, -0.15) is 0 Å². The molecule has 5 heteroatoms. The molecule has 0 aliphatic carbocycles. The minimum atomic E-state index is -0.460. The molecule has 0 fully saturated rings. The summed E-state index contributed by atoms with van der Waals surface area (Å²) in [7, 11) is 0. The summed E-state index contributed by atoms with van der Waals surface area (Å²) >= 11 is 5.73. The fourth-order valence-electron chi connectivity index (χ4n) is 1.10. The molecule has 0 heterocycles. The Morgan fingerprint density at radius 3 is 2.81 bits per heavy atom. The van der Waals surface area contributed by atoms with Crippen molar-refractivity contribution in [3.63, 3.8) is 0 Å². The topological polar surface area (TPSA) is 55.4 Å². The molecule has 0 aromatic heterocycles. The summed E-state index contributed by atoms with van der Waals surface area (Å²) in [5, 5.41) is 2.91. The van der Waals surface area contributed by atoms with Crippen molar-refractivity contribution < 1.29 is 14.3 Å². The smallest absolute Gasteiger partial charge is 0.325 e. The Morgan fingerprint density at radius 2 is 2.19 bits per heavy atom. The van der Waals surface area contributed by atoms with Crippen molar-refractivity contribution in [2.24, 2.45) is 0 Å². The van der Waals surface area contributed by atoms with Gasteiger partial charge in [-0.15, -0.1) is 0 Å². The number of amides is 1. The lowest BCUT2D eigenvalue weighted by atomic mass is 10.2. The Balaban J connectivity index is 2.50. The summed E-state index contributed by atoms with van der Waals surface area (Å²) in [6.07, 6.45) is 0. The van der Waals surface area contributed by atoms with E-state index in [-0.39, 0.29) is 12.5 Å². The van der Waals surface area contributed by atoms with Crippen molar-refractivity contribution in [2.45, 2.75) is 6.92 Å². The number of ether oxygens (including phenoxy) is 1. The van der Waals surface area contributed by atoms with E-state index in [1.165, 1.54) is 6.07 Å². The molecular weight excluding hydrogens is 230 g/mol. The van der Waals surface area contributed by atoms with E-state index in [4.69, 9.17) is 11.6 Å². The number of esters is 1. The zero-order valence-corrected chi connectivity index (χ0v) is 9.58. The molecule has 4 nitrogen and oxygen atoms in total. The summed E-state index contributed by atoms with van der Waals surface area (Å²) < 4.78 is 4.67. The van der Waals surface area contributed by atoms with Gasteiger partial charge in [-0.1, -0.05) is 17.7 Å². The van der Waals surface area contributed by atoms with Crippen molar-refractivity contribution in [2.75, 3.05) is 13.2 Å². The van der Waals surface area contributed by atoms with Crippen LogP contribution in [0.2, 0.25) is 5.02 Å². The lowest BCUT2D eigenvalue weighted by Crippen LogP contribution is -2.30. The third kappa shape index (κ3) is 3.90. The average Bonchev–Trinajstić information content (AvgIpc) is 2.26. The monoisotopic (exact) mass is 241 g/mol. The SMILES string of the molecule is CCOC(=O)CNC(=O)c1cccc(Cl)c1. The van der Waals surface area contributed by atoms with Crippen molar-refractivity contribution >= 4 is 23.5 Å². The molecule has 0 saturated heterocycles. The molecule has 0 atom stereocenters. The van der Waals surface area contributed by atoms with Crippen LogP contribution in [-0.2, 0) is 9.53 Å². The Bertz CT molecular complexity index is 393. The first kappa shape index (κ1) is 12.5. The molecule has 0 radical (unpaired) electrons. The summed E-state index contributed by atoms with van der Waals surface area (Å²) in [4.78, 5) is 22.5. The molecule has 0 spiro atoms. The molecule has 0 aliphatic rings. The highest BCUT2D eigenvalue weighted by Crippen LogP contribution is 2.10. The van der Waals surface area contributed by atoms with E-state index in [0.29, 0.717) is 17.2 Å². The van der Waals surface area contributed by atoms with Gasteiger partial charge < -0.3 is 10.1 Å². The van der Waals surface area contributed by atoms with Crippen LogP contribution in [0.1, 0.15) is 17.3 Å². The summed E-state index contributed by atoms with van der Waals surface area (Å²) in [5.41, 5.74) is 0.414. The molecule has 1 aromatic rings. The fourth-order valence-corrected chi connectivity index (χ4v) is 1.29. The van der Waals surface area contributed by atoms with Crippen molar-refractivity contribution in [1.82, 2.24) is 5.32 Å². The van der Waals surface area contributed by atoms with Gasteiger partial charge in [0.2, 0.25) is 0 Å². The third-order valence-corrected chi connectivity index (χ3v) is 2.02. The standard InChI is InChI=1S/C11H12ClNO3/c1-2-16-10(14)7-13-11(15)8-4-3-5-9(12)6-8/h3-6H,2,7H2,1H3,(H,13,15). The largest absolute Gasteiger partial charge is 0.465 e. The number of carbonyl (C=O) groups is 2. The van der Waals surface area contributed by atoms with Gasteiger partial charge >= 0.3 is 5.97 Å². The molecule has 86 valence electrons. The van der Waals surface area contributed by atoms with E-state index in [1.54, 1.807) is 25.1 Å². The second kappa shape index (κ2) is 6.12. The summed E-state index contributed by atoms with van der Waals surface area (Å²) in [6, 6.07) is 6.49. The maximum atomic E-state index is 11.5. The lowest BCUT2D eigenvalue weighted by Gasteiger charge is -2.04. The molecule has 0 unspecified atom stereocenters. The number of hydrogen-bond donors (Lipinski definition) is 1. The second-order valence-electron chi connectivity index (χ2n) is 3.00. The number of hydrogen-bond acceptors (Lipinski definition) is 3. The minimum Gasteiger partial charge on any atom is -0.465 e. The highest BCUT2D eigenvalue weighted by Gasteiger charge is 2.08. The van der Waals surface area contributed by atoms with Gasteiger partial charge in [0.1, 0.15) is 6.54 Å². The highest BCUT2D eigenvalue weighted by molar-refractivity contribution is 6.30. The third-order valence-electron chi connectivity index (χ3n) is 1.79. The van der Waals surface area contributed by atoms with Crippen molar-refractivity contribution in [1.29, 1.82) is 0 Å². The van der Waals surface area contributed by atoms with E-state index in [9.17, 15) is 9.59 Å². The van der Waals surface area contributed by atoms with E-state index in [1.807, 2.05) is 0 Å². The first-order valence-electron chi connectivity index (χ1n) is 4.83. The quantitative estimate of drug-likeness (QED) is 0.816. The predicted molar refractivity (Wildman–Crippen MR) is 60.4 cm³/mol. The highest BCUT2D eigenvalue weighted by atomic mass is 35.5. The van der Waals surface area contributed by atoms with Crippen LogP contribution in [-0.4, -0.2) is 25.0 Å². The number of halogens is 1. The van der Waals surface area contributed by atoms with E-state index in [2.05, 4.69) is 10.1 Å². The van der Waals surface area contributed by atoms with Crippen LogP contribution < -0.4 is 5.32 Å². The van der Waals surface area contributed by atoms with Gasteiger partial charge in [-0.3, -0.25) is 9.59 Å². The Hall–Kier alpha value is -1.55. The molecule has 0 saturated carbocycles. The normalized spacial score (nSPS) is 9.62. The fraction of sp³-hybridized carbons (Fsp3) is 0.273. The van der Waals surface area contributed by atoms with Gasteiger partial charge in [-0.05, 0) is 25.1 Å². The van der Waals surface area contributed by atoms with Crippen LogP contribution in [0, 0.1) is 0 Å². The van der Waals surface area contributed by atoms with Crippen LogP contribution in [0.4, 0.5) is 0 Å². The molecule has 0 aliphatic heterocycles. The number of carbonyl (C=O) groups excluding carboxylic acids is 2. The maximum Gasteiger partial charge on any atom is 0.325 e. The van der Waals surface area contributed by atoms with Crippen molar-refractivity contribution in [3.8, 4) is 0 Å². The first-order valence-corrected chi connectivity index (χ1v) is 5.20. The first-order chi connectivity index (χ1) is 7.63. The van der Waals surface area contributed by atoms with Crippen LogP contribution >= 0.6 is 11.6 Å². The molecular formula is C11H12ClNO3. The minimum absolute atomic E-state index is 0.140. The maximum absolute atomic E-state index is 11.5. The van der Waals surface area contributed by atoms with Gasteiger partial charge in [0.25, 0.3) is 5.91 Å². The molecule has 1 amide bonds. The molecule has 16 heavy (non-hydrogen) atoms. The van der Waals surface area contributed by atoms with Gasteiger partial charge in [0, 0.05) is 10.6 Å². The van der Waals surface area contributed by atoms with Crippen molar-refractivity contribution in [3.05, 3.63) is 34.9 Å². The zero-order chi connectivity index (χ0) is 12.0. The van der Waals surface area contributed by atoms with Crippen LogP contribution in [0.5, 0.6) is 0 Å². The Morgan fingerprint density at radius 1 is 1.44 bits per heavy atom. The van der Waals surface area contributed by atoms with E-state index in [0.717, 1.165) is 0 Å². The van der Waals surface area contributed by atoms with Crippen LogP contribution in [0.25, 0.3) is 0 Å². The summed E-state index contributed by atoms with van der Waals surface area (Å²) in [6.45, 7) is 1.86. The number of nitrogens with one attached hydrogen (secondary N) is 1. The molecule has 1 N–H and O–H groups in total. The Labute approximate surface area is 98.5 Å². The van der Waals surface area contributed by atoms with Gasteiger partial charge in [0.05, 0.1) is 6.61 Å². The van der Waals surface area contributed by atoms with Crippen LogP contribution in [0.15, 0.2) is 24.3 Å². The predicted octanol–water partition coefficient (Wildman–Crippen LogP) is 1.63. The van der Waals surface area contributed by atoms with E-state index < -0.39 is 5.97 Å². The molecule has 1 rings (SSSR count). The number of rotatable bonds is 4. The second-order valence-corrected chi connectivity index (χ2v) is 3.43. The zero-order valence-electron chi connectivity index (χ0n) is 8.83.